The van der Waals surface area contributed by atoms with Crippen molar-refractivity contribution in [3.63, 3.8) is 0 Å². The fraction of sp³-hybridized carbons (Fsp3) is 0.0526. The van der Waals surface area contributed by atoms with E-state index in [1.807, 2.05) is 30.3 Å². The Kier molecular flexibility index (Phi) is 5.20. The second-order valence-electron chi connectivity index (χ2n) is 5.09. The molecule has 0 unspecified atom stereocenters. The normalized spacial score (nSPS) is 10.4. The van der Waals surface area contributed by atoms with Crippen LogP contribution in [0.25, 0.3) is 0 Å². The predicted molar refractivity (Wildman–Crippen MR) is 93.0 cm³/mol. The highest BCUT2D eigenvalue weighted by Crippen LogP contribution is 2.31. The molecule has 0 bridgehead atoms. The van der Waals surface area contributed by atoms with Crippen LogP contribution >= 0.6 is 11.8 Å². The van der Waals surface area contributed by atoms with Crippen molar-refractivity contribution in [2.45, 2.75) is 16.2 Å². The van der Waals surface area contributed by atoms with E-state index in [1.54, 1.807) is 30.3 Å². The summed E-state index contributed by atoms with van der Waals surface area (Å²) in [6, 6.07) is 19.0. The fourth-order valence-corrected chi connectivity index (χ4v) is 2.92. The van der Waals surface area contributed by atoms with E-state index in [9.17, 15) is 14.7 Å². The van der Waals surface area contributed by atoms with E-state index in [1.165, 1.54) is 6.07 Å². The predicted octanol–water partition coefficient (Wildman–Crippen LogP) is 3.64. The molecule has 0 saturated carbocycles. The highest BCUT2D eigenvalue weighted by Gasteiger charge is 2.16. The summed E-state index contributed by atoms with van der Waals surface area (Å²) in [5, 5.41) is 10.1. The van der Waals surface area contributed by atoms with Gasteiger partial charge in [-0.1, -0.05) is 48.2 Å². The Morgan fingerprint density at radius 3 is 2.32 bits per heavy atom. The molecule has 0 fully saturated rings. The molecule has 0 radical (unpaired) electrons. The molecule has 1 N–H and O–H groups in total. The minimum atomic E-state index is -0.698. The Morgan fingerprint density at radius 1 is 1.04 bits per heavy atom. The summed E-state index contributed by atoms with van der Waals surface area (Å²) in [5.41, 5.74) is -0.698. The van der Waals surface area contributed by atoms with E-state index in [0.29, 0.717) is 5.75 Å². The lowest BCUT2D eigenvalue weighted by Gasteiger charge is -2.06. The van der Waals surface area contributed by atoms with Gasteiger partial charge in [0.2, 0.25) is 0 Å². The van der Waals surface area contributed by atoms with E-state index >= 15 is 0 Å². The highest BCUT2D eigenvalue weighted by molar-refractivity contribution is 7.99. The molecule has 25 heavy (non-hydrogen) atoms. The SMILES string of the molecule is O=C(Cc1cc(O)c(Sc2ccccc2)c(=O)o1)Oc1ccccc1. The van der Waals surface area contributed by atoms with Gasteiger partial charge in [-0.25, -0.2) is 4.79 Å². The maximum atomic E-state index is 12.1. The molecule has 2 aromatic carbocycles. The van der Waals surface area contributed by atoms with Gasteiger partial charge >= 0.3 is 11.6 Å². The summed E-state index contributed by atoms with van der Waals surface area (Å²) in [7, 11) is 0. The molecule has 5 nitrogen and oxygen atoms in total. The van der Waals surface area contributed by atoms with Gasteiger partial charge in [-0.15, -0.1) is 0 Å². The zero-order valence-electron chi connectivity index (χ0n) is 13.0. The molecule has 0 saturated heterocycles. The van der Waals surface area contributed by atoms with E-state index in [-0.39, 0.29) is 22.8 Å². The van der Waals surface area contributed by atoms with Crippen LogP contribution in [0.4, 0.5) is 0 Å². The maximum Gasteiger partial charge on any atom is 0.353 e. The first kappa shape index (κ1) is 16.9. The monoisotopic (exact) mass is 354 g/mol. The Morgan fingerprint density at radius 2 is 1.68 bits per heavy atom. The van der Waals surface area contributed by atoms with Crippen molar-refractivity contribution in [2.24, 2.45) is 0 Å². The van der Waals surface area contributed by atoms with Crippen LogP contribution in [0.3, 0.4) is 0 Å². The summed E-state index contributed by atoms with van der Waals surface area (Å²) < 4.78 is 10.3. The lowest BCUT2D eigenvalue weighted by Crippen LogP contribution is -2.13. The van der Waals surface area contributed by atoms with Gasteiger partial charge in [0.1, 0.15) is 28.6 Å². The van der Waals surface area contributed by atoms with Gasteiger partial charge in [0.25, 0.3) is 0 Å². The Balaban J connectivity index is 1.73. The average molecular weight is 354 g/mol. The van der Waals surface area contributed by atoms with E-state index in [0.717, 1.165) is 16.7 Å². The van der Waals surface area contributed by atoms with Gasteiger partial charge in [0, 0.05) is 11.0 Å². The van der Waals surface area contributed by atoms with Crippen molar-refractivity contribution < 1.29 is 19.1 Å². The number of esters is 1. The molecule has 126 valence electrons. The van der Waals surface area contributed by atoms with Crippen molar-refractivity contribution in [3.05, 3.63) is 82.9 Å². The zero-order valence-corrected chi connectivity index (χ0v) is 13.9. The fourth-order valence-electron chi connectivity index (χ4n) is 2.10. The summed E-state index contributed by atoms with van der Waals surface area (Å²) in [6.45, 7) is 0. The first-order valence-corrected chi connectivity index (χ1v) is 8.28. The third-order valence-corrected chi connectivity index (χ3v) is 4.28. The lowest BCUT2D eigenvalue weighted by atomic mass is 10.3. The average Bonchev–Trinajstić information content (AvgIpc) is 2.60. The summed E-state index contributed by atoms with van der Waals surface area (Å²) >= 11 is 1.10. The van der Waals surface area contributed by atoms with Gasteiger partial charge in [0.05, 0.1) is 0 Å². The smallest absolute Gasteiger partial charge is 0.353 e. The van der Waals surface area contributed by atoms with Gasteiger partial charge < -0.3 is 14.3 Å². The van der Waals surface area contributed by atoms with Gasteiger partial charge in [-0.3, -0.25) is 4.79 Å². The molecule has 0 aliphatic carbocycles. The van der Waals surface area contributed by atoms with Crippen LogP contribution in [-0.2, 0) is 11.2 Å². The quantitative estimate of drug-likeness (QED) is 0.557. The Labute approximate surface area is 147 Å². The van der Waals surface area contributed by atoms with E-state index in [2.05, 4.69) is 0 Å². The molecule has 3 rings (SSSR count). The summed E-state index contributed by atoms with van der Waals surface area (Å²) in [5.74, 6) is -0.374. The second kappa shape index (κ2) is 7.72. The van der Waals surface area contributed by atoms with Gasteiger partial charge in [-0.2, -0.15) is 0 Å². The summed E-state index contributed by atoms with van der Waals surface area (Å²) in [4.78, 5) is 24.9. The van der Waals surface area contributed by atoms with Crippen LogP contribution in [0.2, 0.25) is 0 Å². The zero-order chi connectivity index (χ0) is 17.6. The van der Waals surface area contributed by atoms with Crippen molar-refractivity contribution >= 4 is 17.7 Å². The molecule has 6 heteroatoms. The van der Waals surface area contributed by atoms with Crippen molar-refractivity contribution in [3.8, 4) is 11.5 Å². The topological polar surface area (TPSA) is 76.7 Å². The van der Waals surface area contributed by atoms with Crippen LogP contribution in [0, 0.1) is 0 Å². The minimum Gasteiger partial charge on any atom is -0.506 e. The van der Waals surface area contributed by atoms with Crippen LogP contribution in [0.5, 0.6) is 11.5 Å². The number of benzene rings is 2. The molecule has 0 spiro atoms. The Bertz CT molecular complexity index is 920. The molecule has 0 aliphatic rings. The first-order chi connectivity index (χ1) is 12.1. The van der Waals surface area contributed by atoms with Crippen molar-refractivity contribution in [1.29, 1.82) is 0 Å². The maximum absolute atomic E-state index is 12.1. The molecule has 1 heterocycles. The number of carbonyl (C=O) groups excluding carboxylic acids is 1. The molecular formula is C19H14O5S. The van der Waals surface area contributed by atoms with E-state index in [4.69, 9.17) is 9.15 Å². The number of rotatable bonds is 5. The number of hydrogen-bond acceptors (Lipinski definition) is 6. The third-order valence-electron chi connectivity index (χ3n) is 3.20. The standard InChI is InChI=1S/C19H14O5S/c20-16-11-14(12-17(21)23-13-7-3-1-4-8-13)24-19(22)18(16)25-15-9-5-2-6-10-15/h1-11,20H,12H2. The Hall–Kier alpha value is -2.99. The second-order valence-corrected chi connectivity index (χ2v) is 6.18. The van der Waals surface area contributed by atoms with Gasteiger partial charge in [-0.05, 0) is 24.3 Å². The number of ether oxygens (including phenoxy) is 1. The molecule has 3 aromatic rings. The van der Waals surface area contributed by atoms with E-state index < -0.39 is 11.6 Å². The highest BCUT2D eigenvalue weighted by atomic mass is 32.2. The number of aromatic hydroxyl groups is 1. The molecule has 0 atom stereocenters. The van der Waals surface area contributed by atoms with Crippen LogP contribution in [0.1, 0.15) is 5.76 Å². The summed E-state index contributed by atoms with van der Waals surface area (Å²) in [6.07, 6.45) is -0.256. The molecule has 0 amide bonds. The molecule has 0 aliphatic heterocycles. The third kappa shape index (κ3) is 4.51. The number of carbonyl (C=O) groups is 1. The minimum absolute atomic E-state index is 0.0424. The van der Waals surface area contributed by atoms with Crippen molar-refractivity contribution in [2.75, 3.05) is 0 Å². The molecule has 1 aromatic heterocycles. The molecular weight excluding hydrogens is 340 g/mol. The first-order valence-electron chi connectivity index (χ1n) is 7.46. The lowest BCUT2D eigenvalue weighted by molar-refractivity contribution is -0.133. The van der Waals surface area contributed by atoms with Gasteiger partial charge in [0.15, 0.2) is 0 Å². The van der Waals surface area contributed by atoms with Crippen LogP contribution < -0.4 is 10.4 Å². The van der Waals surface area contributed by atoms with Crippen molar-refractivity contribution in [1.82, 2.24) is 0 Å². The largest absolute Gasteiger partial charge is 0.506 e. The van der Waals surface area contributed by atoms with Crippen LogP contribution in [-0.4, -0.2) is 11.1 Å². The number of para-hydroxylation sites is 1. The van der Waals surface area contributed by atoms with Crippen LogP contribution in [0.15, 0.2) is 85.7 Å². The number of hydrogen-bond donors (Lipinski definition) is 1.